The van der Waals surface area contributed by atoms with Gasteiger partial charge in [0.05, 0.1) is 5.69 Å². The molecule has 0 saturated carbocycles. The summed E-state index contributed by atoms with van der Waals surface area (Å²) >= 11 is 1.74. The topological polar surface area (TPSA) is 41.1 Å². The van der Waals surface area contributed by atoms with E-state index >= 15 is 0 Å². The molecule has 0 atom stereocenters. The van der Waals surface area contributed by atoms with Gasteiger partial charge in [-0.15, -0.1) is 24.2 Å². The molecule has 1 aliphatic heterocycles. The minimum absolute atomic E-state index is 0. The molecule has 0 fully saturated rings. The second-order valence-corrected chi connectivity index (χ2v) is 7.79. The minimum atomic E-state index is -0.311. The zero-order valence-corrected chi connectivity index (χ0v) is 15.9. The first kappa shape index (κ1) is 19.8. The summed E-state index contributed by atoms with van der Waals surface area (Å²) < 4.78 is 14.6. The molecule has 0 aliphatic carbocycles. The highest BCUT2D eigenvalue weighted by Gasteiger charge is 2.18. The van der Waals surface area contributed by atoms with Gasteiger partial charge in [0.2, 0.25) is 0 Å². The molecule has 0 saturated heterocycles. The molecule has 2 N–H and O–H groups in total. The Balaban J connectivity index is 0.00000225. The fraction of sp³-hybridized carbons (Fsp3) is 0.316. The summed E-state index contributed by atoms with van der Waals surface area (Å²) in [5, 5.41) is 6.40. The van der Waals surface area contributed by atoms with E-state index in [0.717, 1.165) is 17.0 Å². The monoisotopic (exact) mass is 380 g/mol. The Morgan fingerprint density at radius 3 is 2.60 bits per heavy atom. The van der Waals surface area contributed by atoms with Gasteiger partial charge in [-0.1, -0.05) is 19.9 Å². The van der Waals surface area contributed by atoms with Crippen molar-refractivity contribution in [2.24, 2.45) is 0 Å². The largest absolute Gasteiger partial charge is 0.319 e. The Hall–Kier alpha value is -1.56. The maximum absolute atomic E-state index is 14.6. The molecule has 1 heterocycles. The number of hydrogen-bond donors (Lipinski definition) is 2. The summed E-state index contributed by atoms with van der Waals surface area (Å²) in [6.07, 6.45) is 0.645. The van der Waals surface area contributed by atoms with Gasteiger partial charge in [-0.05, 0) is 54.4 Å². The Morgan fingerprint density at radius 2 is 1.92 bits per heavy atom. The first-order valence-corrected chi connectivity index (χ1v) is 9.01. The van der Waals surface area contributed by atoms with Gasteiger partial charge >= 0.3 is 0 Å². The van der Waals surface area contributed by atoms with Crippen LogP contribution in [0.5, 0.6) is 0 Å². The van der Waals surface area contributed by atoms with Crippen molar-refractivity contribution in [2.45, 2.75) is 37.0 Å². The van der Waals surface area contributed by atoms with Gasteiger partial charge < -0.3 is 10.6 Å². The van der Waals surface area contributed by atoms with Gasteiger partial charge in [0.1, 0.15) is 5.82 Å². The first-order valence-electron chi connectivity index (χ1n) is 8.13. The standard InChI is InChI=1S/C19H21FN2OS.ClH/c1-12(2)24-15-6-3-13(4-7-15)19(23)22-17-8-5-14-11-21-10-9-16(14)18(17)20;/h3-8,12,21H,9-11H2,1-2H3,(H,22,23);1H. The molecule has 0 unspecified atom stereocenters. The highest BCUT2D eigenvalue weighted by Crippen LogP contribution is 2.26. The molecule has 3 nitrogen and oxygen atoms in total. The molecular formula is C19H22ClFN2OS. The van der Waals surface area contributed by atoms with Crippen molar-refractivity contribution in [1.29, 1.82) is 0 Å². The second kappa shape index (κ2) is 8.70. The van der Waals surface area contributed by atoms with E-state index in [2.05, 4.69) is 24.5 Å². The summed E-state index contributed by atoms with van der Waals surface area (Å²) in [6, 6.07) is 10.9. The van der Waals surface area contributed by atoms with E-state index in [-0.39, 0.29) is 29.8 Å². The molecule has 0 bridgehead atoms. The number of rotatable bonds is 4. The van der Waals surface area contributed by atoms with E-state index in [1.807, 2.05) is 18.2 Å². The zero-order chi connectivity index (χ0) is 17.1. The number of halogens is 2. The van der Waals surface area contributed by atoms with Gasteiger partial charge in [-0.3, -0.25) is 4.79 Å². The fourth-order valence-electron chi connectivity index (χ4n) is 2.78. The van der Waals surface area contributed by atoms with Crippen LogP contribution in [0.4, 0.5) is 10.1 Å². The third-order valence-electron chi connectivity index (χ3n) is 3.94. The second-order valence-electron chi connectivity index (χ2n) is 6.14. The molecule has 3 rings (SSSR count). The smallest absolute Gasteiger partial charge is 0.255 e. The van der Waals surface area contributed by atoms with Crippen LogP contribution in [-0.4, -0.2) is 17.7 Å². The maximum atomic E-state index is 14.6. The molecule has 134 valence electrons. The zero-order valence-electron chi connectivity index (χ0n) is 14.3. The van der Waals surface area contributed by atoms with E-state index in [1.165, 1.54) is 0 Å². The highest BCUT2D eigenvalue weighted by atomic mass is 35.5. The van der Waals surface area contributed by atoms with Crippen LogP contribution in [0.15, 0.2) is 41.3 Å². The van der Waals surface area contributed by atoms with Gasteiger partial charge in [-0.25, -0.2) is 4.39 Å². The predicted octanol–water partition coefficient (Wildman–Crippen LogP) is 4.65. The summed E-state index contributed by atoms with van der Waals surface area (Å²) in [5.41, 5.74) is 2.45. The van der Waals surface area contributed by atoms with Crippen molar-refractivity contribution in [3.8, 4) is 0 Å². The van der Waals surface area contributed by atoms with Crippen LogP contribution in [0.2, 0.25) is 0 Å². The molecule has 0 radical (unpaired) electrons. The lowest BCUT2D eigenvalue weighted by molar-refractivity contribution is 0.102. The summed E-state index contributed by atoms with van der Waals surface area (Å²) in [7, 11) is 0. The molecule has 25 heavy (non-hydrogen) atoms. The number of hydrogen-bond acceptors (Lipinski definition) is 3. The number of anilines is 1. The van der Waals surface area contributed by atoms with Gasteiger partial charge in [0.15, 0.2) is 0 Å². The first-order chi connectivity index (χ1) is 11.5. The highest BCUT2D eigenvalue weighted by molar-refractivity contribution is 7.99. The molecule has 0 spiro atoms. The summed E-state index contributed by atoms with van der Waals surface area (Å²) in [5.74, 6) is -0.599. The maximum Gasteiger partial charge on any atom is 0.255 e. The molecule has 0 aromatic heterocycles. The lowest BCUT2D eigenvalue weighted by Gasteiger charge is -2.19. The van der Waals surface area contributed by atoms with Gasteiger partial charge in [-0.2, -0.15) is 0 Å². The molecule has 2 aromatic carbocycles. The van der Waals surface area contributed by atoms with Crippen LogP contribution in [0, 0.1) is 5.82 Å². The van der Waals surface area contributed by atoms with E-state index in [4.69, 9.17) is 0 Å². The number of thioether (sulfide) groups is 1. The Bertz CT molecular complexity index is 750. The summed E-state index contributed by atoms with van der Waals surface area (Å²) in [4.78, 5) is 13.5. The SMILES string of the molecule is CC(C)Sc1ccc(C(=O)Nc2ccc3c(c2F)CCNC3)cc1.Cl. The minimum Gasteiger partial charge on any atom is -0.319 e. The third kappa shape index (κ3) is 4.75. The van der Waals surface area contributed by atoms with Crippen LogP contribution in [0.3, 0.4) is 0 Å². The average molecular weight is 381 g/mol. The van der Waals surface area contributed by atoms with Crippen LogP contribution in [-0.2, 0) is 13.0 Å². The fourth-order valence-corrected chi connectivity index (χ4v) is 3.62. The summed E-state index contributed by atoms with van der Waals surface area (Å²) in [6.45, 7) is 5.69. The van der Waals surface area contributed by atoms with Crippen LogP contribution >= 0.6 is 24.2 Å². The third-order valence-corrected chi connectivity index (χ3v) is 4.96. The molecule has 2 aromatic rings. The van der Waals surface area contributed by atoms with E-state index in [1.54, 1.807) is 30.0 Å². The average Bonchev–Trinajstić information content (AvgIpc) is 2.57. The number of carbonyl (C=O) groups is 1. The quantitative estimate of drug-likeness (QED) is 0.759. The van der Waals surface area contributed by atoms with Crippen LogP contribution < -0.4 is 10.6 Å². The van der Waals surface area contributed by atoms with Crippen molar-refractivity contribution in [1.82, 2.24) is 5.32 Å². The van der Waals surface area contributed by atoms with Crippen LogP contribution in [0.25, 0.3) is 0 Å². The van der Waals surface area contributed by atoms with Crippen molar-refractivity contribution in [3.05, 3.63) is 58.9 Å². The Morgan fingerprint density at radius 1 is 1.20 bits per heavy atom. The van der Waals surface area contributed by atoms with E-state index in [0.29, 0.717) is 29.3 Å². The van der Waals surface area contributed by atoms with Crippen LogP contribution in [0.1, 0.15) is 35.3 Å². The Kier molecular flexibility index (Phi) is 6.87. The lowest BCUT2D eigenvalue weighted by atomic mass is 9.99. The Labute approximate surface area is 158 Å². The molecule has 1 amide bonds. The van der Waals surface area contributed by atoms with E-state index in [9.17, 15) is 9.18 Å². The van der Waals surface area contributed by atoms with Gasteiger partial charge in [0, 0.05) is 22.3 Å². The number of carbonyl (C=O) groups excluding carboxylic acids is 1. The number of benzene rings is 2. The predicted molar refractivity (Wildman–Crippen MR) is 104 cm³/mol. The number of fused-ring (bicyclic) bond motifs is 1. The molecule has 6 heteroatoms. The number of nitrogens with one attached hydrogen (secondary N) is 2. The van der Waals surface area contributed by atoms with Crippen molar-refractivity contribution in [2.75, 3.05) is 11.9 Å². The normalized spacial score (nSPS) is 13.1. The van der Waals surface area contributed by atoms with E-state index < -0.39 is 0 Å². The van der Waals surface area contributed by atoms with Gasteiger partial charge in [0.25, 0.3) is 5.91 Å². The molecule has 1 aliphatic rings. The lowest BCUT2D eigenvalue weighted by Crippen LogP contribution is -2.25. The van der Waals surface area contributed by atoms with Crippen molar-refractivity contribution < 1.29 is 9.18 Å². The van der Waals surface area contributed by atoms with Crippen molar-refractivity contribution >= 4 is 35.8 Å². The molecular weight excluding hydrogens is 359 g/mol. The number of amides is 1. The van der Waals surface area contributed by atoms with Crippen molar-refractivity contribution in [3.63, 3.8) is 0 Å².